The molecule has 0 radical (unpaired) electrons. The fourth-order valence-corrected chi connectivity index (χ4v) is 1.99. The van der Waals surface area contributed by atoms with Crippen molar-refractivity contribution in [3.05, 3.63) is 35.9 Å². The summed E-state index contributed by atoms with van der Waals surface area (Å²) in [5.41, 5.74) is 0.851. The van der Waals surface area contributed by atoms with Crippen molar-refractivity contribution in [2.24, 2.45) is 0 Å². The summed E-state index contributed by atoms with van der Waals surface area (Å²) in [5, 5.41) is 14.3. The van der Waals surface area contributed by atoms with Crippen molar-refractivity contribution in [3.8, 4) is 0 Å². The van der Waals surface area contributed by atoms with Gasteiger partial charge in [-0.25, -0.2) is 4.79 Å². The first-order chi connectivity index (χ1) is 11.2. The van der Waals surface area contributed by atoms with Gasteiger partial charge in [-0.2, -0.15) is 0 Å². The van der Waals surface area contributed by atoms with Crippen molar-refractivity contribution < 1.29 is 19.4 Å². The summed E-state index contributed by atoms with van der Waals surface area (Å²) in [6.07, 6.45) is 3.46. The van der Waals surface area contributed by atoms with Crippen LogP contribution in [0.5, 0.6) is 0 Å². The third kappa shape index (κ3) is 8.21. The van der Waals surface area contributed by atoms with Crippen LogP contribution < -0.4 is 10.6 Å². The van der Waals surface area contributed by atoms with Crippen LogP contribution >= 0.6 is 0 Å². The van der Waals surface area contributed by atoms with Gasteiger partial charge in [-0.1, -0.05) is 56.5 Å². The van der Waals surface area contributed by atoms with Crippen LogP contribution in [0.25, 0.3) is 0 Å². The standard InChI is InChI=1S/C17H26N2O4/c1-2-3-4-8-11-18-16(21)15(12-20)19-17(22)23-13-14-9-6-5-7-10-14/h5-7,9-10,15,20H,2-4,8,11-13H2,1H3,(H,18,21)(H,19,22)/t15-/m0/s1. The number of unbranched alkanes of at least 4 members (excludes halogenated alkanes) is 3. The molecular weight excluding hydrogens is 296 g/mol. The number of alkyl carbamates (subject to hydrolysis) is 1. The molecule has 1 aromatic rings. The number of rotatable bonds is 10. The lowest BCUT2D eigenvalue weighted by Gasteiger charge is -2.16. The van der Waals surface area contributed by atoms with Gasteiger partial charge < -0.3 is 20.5 Å². The Labute approximate surface area is 137 Å². The van der Waals surface area contributed by atoms with Crippen LogP contribution in [-0.4, -0.2) is 36.3 Å². The predicted molar refractivity (Wildman–Crippen MR) is 87.8 cm³/mol. The van der Waals surface area contributed by atoms with E-state index in [0.717, 1.165) is 31.2 Å². The van der Waals surface area contributed by atoms with Crippen molar-refractivity contribution in [3.63, 3.8) is 0 Å². The lowest BCUT2D eigenvalue weighted by atomic mass is 10.2. The molecule has 0 aromatic heterocycles. The number of ether oxygens (including phenoxy) is 1. The van der Waals surface area contributed by atoms with Gasteiger partial charge in [0.2, 0.25) is 5.91 Å². The molecule has 0 spiro atoms. The molecule has 1 atom stereocenters. The van der Waals surface area contributed by atoms with Crippen LogP contribution in [-0.2, 0) is 16.1 Å². The van der Waals surface area contributed by atoms with E-state index in [2.05, 4.69) is 17.6 Å². The molecule has 0 saturated carbocycles. The molecular formula is C17H26N2O4. The fourth-order valence-electron chi connectivity index (χ4n) is 1.99. The minimum absolute atomic E-state index is 0.115. The molecule has 0 unspecified atom stereocenters. The minimum Gasteiger partial charge on any atom is -0.445 e. The van der Waals surface area contributed by atoms with E-state index in [0.29, 0.717) is 6.54 Å². The number of carbonyl (C=O) groups is 2. The summed E-state index contributed by atoms with van der Waals surface area (Å²) in [6, 6.07) is 8.23. The zero-order chi connectivity index (χ0) is 16.9. The van der Waals surface area contributed by atoms with Crippen molar-refractivity contribution in [2.45, 2.75) is 45.3 Å². The van der Waals surface area contributed by atoms with Crippen molar-refractivity contribution >= 4 is 12.0 Å². The number of hydrogen-bond acceptors (Lipinski definition) is 4. The first-order valence-corrected chi connectivity index (χ1v) is 8.03. The average molecular weight is 322 g/mol. The number of nitrogens with one attached hydrogen (secondary N) is 2. The molecule has 0 saturated heterocycles. The normalized spacial score (nSPS) is 11.6. The summed E-state index contributed by atoms with van der Waals surface area (Å²) in [7, 11) is 0. The summed E-state index contributed by atoms with van der Waals surface area (Å²) in [6.45, 7) is 2.30. The maximum Gasteiger partial charge on any atom is 0.408 e. The highest BCUT2D eigenvalue weighted by Gasteiger charge is 2.20. The van der Waals surface area contributed by atoms with Crippen molar-refractivity contribution in [2.75, 3.05) is 13.2 Å². The molecule has 6 nitrogen and oxygen atoms in total. The zero-order valence-corrected chi connectivity index (χ0v) is 13.6. The predicted octanol–water partition coefficient (Wildman–Crippen LogP) is 1.97. The smallest absolute Gasteiger partial charge is 0.408 e. The molecule has 0 aliphatic heterocycles. The monoisotopic (exact) mass is 322 g/mol. The number of hydrogen-bond donors (Lipinski definition) is 3. The molecule has 1 rings (SSSR count). The second-order valence-corrected chi connectivity index (χ2v) is 5.29. The lowest BCUT2D eigenvalue weighted by Crippen LogP contribution is -2.49. The van der Waals surface area contributed by atoms with Gasteiger partial charge in [0.15, 0.2) is 0 Å². The minimum atomic E-state index is -0.996. The van der Waals surface area contributed by atoms with Gasteiger partial charge >= 0.3 is 6.09 Å². The summed E-state index contributed by atoms with van der Waals surface area (Å²) in [5.74, 6) is -0.402. The van der Waals surface area contributed by atoms with Crippen LogP contribution in [0.2, 0.25) is 0 Å². The highest BCUT2D eigenvalue weighted by molar-refractivity contribution is 5.85. The third-order valence-electron chi connectivity index (χ3n) is 3.33. The first kappa shape index (κ1) is 19.0. The molecule has 0 aliphatic carbocycles. The number of benzene rings is 1. The summed E-state index contributed by atoms with van der Waals surface area (Å²) >= 11 is 0. The summed E-state index contributed by atoms with van der Waals surface area (Å²) < 4.78 is 5.03. The van der Waals surface area contributed by atoms with E-state index in [1.165, 1.54) is 0 Å². The Morgan fingerprint density at radius 3 is 2.57 bits per heavy atom. The summed E-state index contributed by atoms with van der Waals surface area (Å²) in [4.78, 5) is 23.6. The molecule has 3 N–H and O–H groups in total. The first-order valence-electron chi connectivity index (χ1n) is 8.03. The second-order valence-electron chi connectivity index (χ2n) is 5.29. The molecule has 1 aromatic carbocycles. The average Bonchev–Trinajstić information content (AvgIpc) is 2.58. The van der Waals surface area contributed by atoms with Crippen molar-refractivity contribution in [1.82, 2.24) is 10.6 Å². The fraction of sp³-hybridized carbons (Fsp3) is 0.529. The van der Waals surface area contributed by atoms with Crippen LogP contribution in [0, 0.1) is 0 Å². The van der Waals surface area contributed by atoms with E-state index in [9.17, 15) is 14.7 Å². The Hall–Kier alpha value is -2.08. The van der Waals surface area contributed by atoms with E-state index >= 15 is 0 Å². The highest BCUT2D eigenvalue weighted by Crippen LogP contribution is 2.01. The van der Waals surface area contributed by atoms with Gasteiger partial charge in [0, 0.05) is 6.54 Å². The molecule has 0 aliphatic rings. The van der Waals surface area contributed by atoms with E-state index < -0.39 is 24.6 Å². The SMILES string of the molecule is CCCCCCNC(=O)[C@H](CO)NC(=O)OCc1ccccc1. The van der Waals surface area contributed by atoms with Crippen LogP contribution in [0.4, 0.5) is 4.79 Å². The Bertz CT molecular complexity index is 465. The van der Waals surface area contributed by atoms with Crippen LogP contribution in [0.1, 0.15) is 38.2 Å². The van der Waals surface area contributed by atoms with Gasteiger partial charge in [-0.15, -0.1) is 0 Å². The molecule has 128 valence electrons. The number of carbonyl (C=O) groups excluding carboxylic acids is 2. The topological polar surface area (TPSA) is 87.7 Å². The van der Waals surface area contributed by atoms with E-state index in [1.807, 2.05) is 30.3 Å². The molecule has 0 fully saturated rings. The van der Waals surface area contributed by atoms with Gasteiger partial charge in [-0.3, -0.25) is 4.79 Å². The van der Waals surface area contributed by atoms with Crippen molar-refractivity contribution in [1.29, 1.82) is 0 Å². The molecule has 0 heterocycles. The Balaban J connectivity index is 2.27. The Morgan fingerprint density at radius 2 is 1.91 bits per heavy atom. The molecule has 23 heavy (non-hydrogen) atoms. The molecule has 2 amide bonds. The van der Waals surface area contributed by atoms with Gasteiger partial charge in [0.05, 0.1) is 6.61 Å². The lowest BCUT2D eigenvalue weighted by molar-refractivity contribution is -0.123. The number of aliphatic hydroxyl groups excluding tert-OH is 1. The number of aliphatic hydroxyl groups is 1. The second kappa shape index (κ2) is 11.5. The van der Waals surface area contributed by atoms with Crippen LogP contribution in [0.3, 0.4) is 0 Å². The Morgan fingerprint density at radius 1 is 1.17 bits per heavy atom. The molecule has 6 heteroatoms. The van der Waals surface area contributed by atoms with Gasteiger partial charge in [0.25, 0.3) is 0 Å². The zero-order valence-electron chi connectivity index (χ0n) is 13.6. The Kier molecular flexibility index (Phi) is 9.47. The number of amides is 2. The largest absolute Gasteiger partial charge is 0.445 e. The maximum absolute atomic E-state index is 11.9. The van der Waals surface area contributed by atoms with Gasteiger partial charge in [-0.05, 0) is 12.0 Å². The maximum atomic E-state index is 11.9. The third-order valence-corrected chi connectivity index (χ3v) is 3.33. The van der Waals surface area contributed by atoms with Gasteiger partial charge in [0.1, 0.15) is 12.6 Å². The molecule has 0 bridgehead atoms. The van der Waals surface area contributed by atoms with E-state index in [-0.39, 0.29) is 6.61 Å². The van der Waals surface area contributed by atoms with E-state index in [1.54, 1.807) is 0 Å². The van der Waals surface area contributed by atoms with Crippen LogP contribution in [0.15, 0.2) is 30.3 Å². The quantitative estimate of drug-likeness (QED) is 0.575. The van der Waals surface area contributed by atoms with E-state index in [4.69, 9.17) is 4.74 Å². The highest BCUT2D eigenvalue weighted by atomic mass is 16.5.